The SMILES string of the molecule is O=c1[nH]c(CNC2CCN(c3ccc4c(c3)CCC4)CC2)nc2ccccc12. The van der Waals surface area contributed by atoms with Gasteiger partial charge in [0.05, 0.1) is 17.4 Å². The first-order valence-corrected chi connectivity index (χ1v) is 10.3. The van der Waals surface area contributed by atoms with Crippen molar-refractivity contribution in [1.82, 2.24) is 15.3 Å². The fraction of sp³-hybridized carbons (Fsp3) is 0.391. The lowest BCUT2D eigenvalue weighted by molar-refractivity contribution is 0.410. The molecule has 1 aliphatic heterocycles. The highest BCUT2D eigenvalue weighted by Crippen LogP contribution is 2.28. The molecule has 28 heavy (non-hydrogen) atoms. The lowest BCUT2D eigenvalue weighted by Gasteiger charge is -2.34. The lowest BCUT2D eigenvalue weighted by Crippen LogP contribution is -2.42. The molecule has 144 valence electrons. The number of anilines is 1. The lowest BCUT2D eigenvalue weighted by atomic mass is 10.0. The molecule has 0 radical (unpaired) electrons. The highest BCUT2D eigenvalue weighted by atomic mass is 16.1. The maximum atomic E-state index is 12.2. The molecule has 1 aliphatic carbocycles. The Morgan fingerprint density at radius 2 is 1.89 bits per heavy atom. The van der Waals surface area contributed by atoms with E-state index >= 15 is 0 Å². The third kappa shape index (κ3) is 3.42. The van der Waals surface area contributed by atoms with Crippen molar-refractivity contribution < 1.29 is 0 Å². The van der Waals surface area contributed by atoms with Crippen LogP contribution in [0.5, 0.6) is 0 Å². The molecule has 2 heterocycles. The van der Waals surface area contributed by atoms with Gasteiger partial charge in [-0.1, -0.05) is 18.2 Å². The normalized spacial score (nSPS) is 17.2. The van der Waals surface area contributed by atoms with Gasteiger partial charge >= 0.3 is 0 Å². The number of para-hydroxylation sites is 1. The monoisotopic (exact) mass is 374 g/mol. The largest absolute Gasteiger partial charge is 0.371 e. The molecule has 1 fully saturated rings. The van der Waals surface area contributed by atoms with Crippen LogP contribution in [0.25, 0.3) is 10.9 Å². The van der Waals surface area contributed by atoms with Crippen molar-refractivity contribution in [2.75, 3.05) is 18.0 Å². The Balaban J connectivity index is 1.19. The van der Waals surface area contributed by atoms with Gasteiger partial charge in [-0.25, -0.2) is 4.98 Å². The van der Waals surface area contributed by atoms with Gasteiger partial charge in [0.25, 0.3) is 5.56 Å². The van der Waals surface area contributed by atoms with Crippen LogP contribution in [0.15, 0.2) is 47.3 Å². The van der Waals surface area contributed by atoms with Crippen LogP contribution in [0.1, 0.15) is 36.2 Å². The van der Waals surface area contributed by atoms with Crippen molar-refractivity contribution >= 4 is 16.6 Å². The molecule has 0 saturated carbocycles. The van der Waals surface area contributed by atoms with Gasteiger partial charge in [0.15, 0.2) is 0 Å². The minimum Gasteiger partial charge on any atom is -0.371 e. The zero-order valence-electron chi connectivity index (χ0n) is 16.1. The molecule has 3 aromatic rings. The molecule has 2 aromatic carbocycles. The summed E-state index contributed by atoms with van der Waals surface area (Å²) < 4.78 is 0. The molecule has 5 nitrogen and oxygen atoms in total. The number of hydrogen-bond acceptors (Lipinski definition) is 4. The topological polar surface area (TPSA) is 61.0 Å². The molecular weight excluding hydrogens is 348 g/mol. The van der Waals surface area contributed by atoms with E-state index in [-0.39, 0.29) is 5.56 Å². The zero-order valence-corrected chi connectivity index (χ0v) is 16.1. The van der Waals surface area contributed by atoms with Crippen molar-refractivity contribution in [2.24, 2.45) is 0 Å². The molecule has 2 N–H and O–H groups in total. The van der Waals surface area contributed by atoms with E-state index in [1.807, 2.05) is 24.3 Å². The molecule has 0 spiro atoms. The van der Waals surface area contributed by atoms with E-state index in [9.17, 15) is 4.79 Å². The Hall–Kier alpha value is -2.66. The maximum absolute atomic E-state index is 12.2. The molecule has 0 amide bonds. The second-order valence-electron chi connectivity index (χ2n) is 7.98. The van der Waals surface area contributed by atoms with E-state index in [0.29, 0.717) is 23.8 Å². The van der Waals surface area contributed by atoms with E-state index < -0.39 is 0 Å². The number of rotatable bonds is 4. The average molecular weight is 374 g/mol. The second kappa shape index (κ2) is 7.40. The van der Waals surface area contributed by atoms with Gasteiger partial charge in [-0.2, -0.15) is 0 Å². The number of benzene rings is 2. The van der Waals surface area contributed by atoms with Gasteiger partial charge in [0.2, 0.25) is 0 Å². The van der Waals surface area contributed by atoms with Crippen LogP contribution in [0.4, 0.5) is 5.69 Å². The first-order valence-electron chi connectivity index (χ1n) is 10.3. The molecule has 2 aliphatic rings. The standard InChI is InChI=1S/C23H26N4O/c28-23-20-6-1-2-7-21(20)25-22(26-23)15-24-18-10-12-27(13-11-18)19-9-8-16-4-3-5-17(16)14-19/h1-2,6-9,14,18,24H,3-5,10-13,15H2,(H,25,26,28). The summed E-state index contributed by atoms with van der Waals surface area (Å²) in [5.41, 5.74) is 5.16. The van der Waals surface area contributed by atoms with Crippen LogP contribution in [0.3, 0.4) is 0 Å². The Morgan fingerprint density at radius 1 is 1.07 bits per heavy atom. The van der Waals surface area contributed by atoms with Gasteiger partial charge in [-0.15, -0.1) is 0 Å². The van der Waals surface area contributed by atoms with Crippen molar-refractivity contribution in [2.45, 2.75) is 44.7 Å². The summed E-state index contributed by atoms with van der Waals surface area (Å²) in [5.74, 6) is 0.713. The number of aromatic amines is 1. The predicted octanol–water partition coefficient (Wildman–Crippen LogP) is 3.17. The number of aryl methyl sites for hydroxylation is 2. The van der Waals surface area contributed by atoms with Gasteiger partial charge in [-0.05, 0) is 67.5 Å². The third-order valence-corrected chi connectivity index (χ3v) is 6.16. The smallest absolute Gasteiger partial charge is 0.258 e. The Labute approximate surface area is 164 Å². The second-order valence-corrected chi connectivity index (χ2v) is 7.98. The first-order chi connectivity index (χ1) is 13.8. The van der Waals surface area contributed by atoms with Crippen LogP contribution in [0, 0.1) is 0 Å². The Morgan fingerprint density at radius 3 is 2.79 bits per heavy atom. The minimum atomic E-state index is -0.0613. The third-order valence-electron chi connectivity index (χ3n) is 6.16. The van der Waals surface area contributed by atoms with E-state index in [2.05, 4.69) is 38.4 Å². The van der Waals surface area contributed by atoms with E-state index in [1.54, 1.807) is 5.56 Å². The van der Waals surface area contributed by atoms with Crippen molar-refractivity contribution in [1.29, 1.82) is 0 Å². The average Bonchev–Trinajstić information content (AvgIpc) is 3.21. The van der Waals surface area contributed by atoms with E-state index in [4.69, 9.17) is 0 Å². The fourth-order valence-corrected chi connectivity index (χ4v) is 4.56. The van der Waals surface area contributed by atoms with Crippen molar-refractivity contribution in [3.8, 4) is 0 Å². The number of piperidine rings is 1. The molecular formula is C23H26N4O. The first kappa shape index (κ1) is 17.4. The van der Waals surface area contributed by atoms with Crippen molar-refractivity contribution in [3.63, 3.8) is 0 Å². The molecule has 5 heteroatoms. The van der Waals surface area contributed by atoms with Crippen LogP contribution in [-0.2, 0) is 19.4 Å². The predicted molar refractivity (Wildman–Crippen MR) is 113 cm³/mol. The maximum Gasteiger partial charge on any atom is 0.258 e. The Kier molecular flexibility index (Phi) is 4.61. The summed E-state index contributed by atoms with van der Waals surface area (Å²) in [4.78, 5) is 22.2. The van der Waals surface area contributed by atoms with Crippen LogP contribution in [0.2, 0.25) is 0 Å². The van der Waals surface area contributed by atoms with Gasteiger partial charge in [0.1, 0.15) is 5.82 Å². The summed E-state index contributed by atoms with van der Waals surface area (Å²) in [6, 6.07) is 15.0. The molecule has 0 unspecified atom stereocenters. The van der Waals surface area contributed by atoms with E-state index in [0.717, 1.165) is 31.4 Å². The Bertz CT molecular complexity index is 1050. The number of fused-ring (bicyclic) bond motifs is 2. The molecule has 5 rings (SSSR count). The van der Waals surface area contributed by atoms with Gasteiger partial charge in [0, 0.05) is 24.8 Å². The zero-order chi connectivity index (χ0) is 18.9. The number of nitrogens with one attached hydrogen (secondary N) is 2. The summed E-state index contributed by atoms with van der Waals surface area (Å²) in [6.07, 6.45) is 5.99. The quantitative estimate of drug-likeness (QED) is 0.736. The summed E-state index contributed by atoms with van der Waals surface area (Å²) in [5, 5.41) is 4.23. The fourth-order valence-electron chi connectivity index (χ4n) is 4.56. The van der Waals surface area contributed by atoms with Crippen LogP contribution < -0.4 is 15.8 Å². The summed E-state index contributed by atoms with van der Waals surface area (Å²) in [7, 11) is 0. The highest BCUT2D eigenvalue weighted by molar-refractivity contribution is 5.77. The van der Waals surface area contributed by atoms with Crippen LogP contribution >= 0.6 is 0 Å². The summed E-state index contributed by atoms with van der Waals surface area (Å²) in [6.45, 7) is 2.74. The molecule has 0 atom stereocenters. The van der Waals surface area contributed by atoms with Gasteiger partial charge in [-0.3, -0.25) is 4.79 Å². The molecule has 1 saturated heterocycles. The summed E-state index contributed by atoms with van der Waals surface area (Å²) >= 11 is 0. The van der Waals surface area contributed by atoms with Crippen LogP contribution in [-0.4, -0.2) is 29.1 Å². The number of hydrogen-bond donors (Lipinski definition) is 2. The van der Waals surface area contributed by atoms with E-state index in [1.165, 1.54) is 30.5 Å². The molecule has 1 aromatic heterocycles. The highest BCUT2D eigenvalue weighted by Gasteiger charge is 2.21. The van der Waals surface area contributed by atoms with Crippen molar-refractivity contribution in [3.05, 3.63) is 69.8 Å². The number of H-pyrrole nitrogens is 1. The molecule has 0 bridgehead atoms. The minimum absolute atomic E-state index is 0.0613. The van der Waals surface area contributed by atoms with Gasteiger partial charge < -0.3 is 15.2 Å². The number of aromatic nitrogens is 2. The number of nitrogens with zero attached hydrogens (tertiary/aromatic N) is 2.